The summed E-state index contributed by atoms with van der Waals surface area (Å²) in [5.41, 5.74) is 3.38. The van der Waals surface area contributed by atoms with E-state index in [1.807, 2.05) is 6.92 Å². The Bertz CT molecular complexity index is 1710. The maximum absolute atomic E-state index is 12.8. The van der Waals surface area contributed by atoms with E-state index in [1.54, 1.807) is 48.5 Å². The number of carbonyl (C=O) groups is 2. The second-order valence-electron chi connectivity index (χ2n) is 8.56. The summed E-state index contributed by atoms with van der Waals surface area (Å²) in [6.45, 7) is 2.38. The fraction of sp³-hybridized carbons (Fsp3) is 0.100. The number of benzene rings is 4. The number of hydrazone groups is 1. The molecule has 0 atom stereocenters. The van der Waals surface area contributed by atoms with Crippen molar-refractivity contribution in [1.82, 2.24) is 5.43 Å². The highest BCUT2D eigenvalue weighted by Crippen LogP contribution is 2.29. The molecule has 0 saturated carbocycles. The maximum Gasteiger partial charge on any atom is 0.343 e. The minimum Gasteiger partial charge on any atom is -0.494 e. The molecule has 0 aliphatic heterocycles. The first-order chi connectivity index (χ1) is 20.2. The van der Waals surface area contributed by atoms with Crippen molar-refractivity contribution >= 4 is 45.4 Å². The van der Waals surface area contributed by atoms with Crippen LogP contribution >= 0.6 is 11.6 Å². The summed E-state index contributed by atoms with van der Waals surface area (Å²) in [4.78, 5) is 25.4. The van der Waals surface area contributed by atoms with Crippen molar-refractivity contribution in [2.24, 2.45) is 5.10 Å². The molecule has 0 aliphatic carbocycles. The number of ether oxygens (including phenoxy) is 3. The van der Waals surface area contributed by atoms with Crippen LogP contribution in [0.4, 0.5) is 5.69 Å². The Hall–Kier alpha value is -4.87. The Morgan fingerprint density at radius 3 is 2.33 bits per heavy atom. The highest BCUT2D eigenvalue weighted by atomic mass is 35.5. The number of para-hydroxylation sites is 1. The SMILES string of the molecule is CCOc1ccc(C(=O)Oc2ccc(/C=N/NC(=O)c3ccccc3NS(=O)(=O)c3ccc(Cl)cc3)cc2OC)cc1. The number of anilines is 1. The molecule has 0 fully saturated rings. The minimum atomic E-state index is -3.97. The second kappa shape index (κ2) is 13.7. The average molecular weight is 608 g/mol. The third-order valence-electron chi connectivity index (χ3n) is 5.71. The van der Waals surface area contributed by atoms with E-state index in [-0.39, 0.29) is 27.6 Å². The lowest BCUT2D eigenvalue weighted by Crippen LogP contribution is -2.21. The summed E-state index contributed by atoms with van der Waals surface area (Å²) in [5.74, 6) is -0.111. The van der Waals surface area contributed by atoms with Crippen molar-refractivity contribution in [3.63, 3.8) is 0 Å². The Morgan fingerprint density at radius 1 is 0.929 bits per heavy atom. The fourth-order valence-electron chi connectivity index (χ4n) is 3.67. The van der Waals surface area contributed by atoms with Gasteiger partial charge in [-0.1, -0.05) is 23.7 Å². The van der Waals surface area contributed by atoms with Gasteiger partial charge in [-0.15, -0.1) is 0 Å². The molecular weight excluding hydrogens is 582 g/mol. The Kier molecular flexibility index (Phi) is 9.79. The molecule has 0 radical (unpaired) electrons. The third kappa shape index (κ3) is 7.65. The van der Waals surface area contributed by atoms with Crippen LogP contribution in [-0.4, -0.2) is 40.2 Å². The van der Waals surface area contributed by atoms with Gasteiger partial charge in [-0.25, -0.2) is 18.6 Å². The first kappa shape index (κ1) is 30.1. The van der Waals surface area contributed by atoms with Gasteiger partial charge in [-0.05, 0) is 91.3 Å². The molecule has 0 aromatic heterocycles. The molecule has 4 aromatic carbocycles. The van der Waals surface area contributed by atoms with Crippen molar-refractivity contribution < 1.29 is 32.2 Å². The van der Waals surface area contributed by atoms with Crippen LogP contribution < -0.4 is 24.4 Å². The fourth-order valence-corrected chi connectivity index (χ4v) is 4.88. The average Bonchev–Trinajstić information content (AvgIpc) is 2.98. The molecule has 0 unspecified atom stereocenters. The predicted octanol–water partition coefficient (Wildman–Crippen LogP) is 5.53. The number of hydrogen-bond acceptors (Lipinski definition) is 8. The van der Waals surface area contributed by atoms with Crippen molar-refractivity contribution in [3.8, 4) is 17.2 Å². The normalized spacial score (nSPS) is 11.1. The number of carbonyl (C=O) groups excluding carboxylic acids is 2. The zero-order valence-corrected chi connectivity index (χ0v) is 24.1. The first-order valence-electron chi connectivity index (χ1n) is 12.5. The van der Waals surface area contributed by atoms with Crippen LogP contribution in [0.2, 0.25) is 5.02 Å². The maximum atomic E-state index is 12.8. The molecule has 0 heterocycles. The standard InChI is InChI=1S/C30H26ClN3O7S/c1-3-40-23-13-9-21(10-14-23)30(36)41-27-17-8-20(18-28(27)39-2)19-32-33-29(35)25-6-4-5-7-26(25)34-42(37,38)24-15-11-22(31)12-16-24/h4-19,34H,3H2,1-2H3,(H,33,35)/b32-19+. The number of esters is 1. The van der Waals surface area contributed by atoms with Gasteiger partial charge in [-0.3, -0.25) is 9.52 Å². The van der Waals surface area contributed by atoms with E-state index in [2.05, 4.69) is 15.2 Å². The Morgan fingerprint density at radius 2 is 1.64 bits per heavy atom. The lowest BCUT2D eigenvalue weighted by Gasteiger charge is -2.12. The Balaban J connectivity index is 1.42. The summed E-state index contributed by atoms with van der Waals surface area (Å²) in [7, 11) is -2.55. The van der Waals surface area contributed by atoms with E-state index in [9.17, 15) is 18.0 Å². The molecular formula is C30H26ClN3O7S. The van der Waals surface area contributed by atoms with E-state index in [1.165, 1.54) is 55.8 Å². The highest BCUT2D eigenvalue weighted by molar-refractivity contribution is 7.92. The molecule has 4 aromatic rings. The van der Waals surface area contributed by atoms with Crippen LogP contribution in [0.3, 0.4) is 0 Å². The largest absolute Gasteiger partial charge is 0.494 e. The predicted molar refractivity (Wildman–Crippen MR) is 159 cm³/mol. The van der Waals surface area contributed by atoms with Crippen LogP contribution in [-0.2, 0) is 10.0 Å². The molecule has 10 nitrogen and oxygen atoms in total. The molecule has 1 amide bonds. The molecule has 4 rings (SSSR count). The zero-order valence-electron chi connectivity index (χ0n) is 22.5. The summed E-state index contributed by atoms with van der Waals surface area (Å²) in [5, 5.41) is 4.36. The second-order valence-corrected chi connectivity index (χ2v) is 10.7. The lowest BCUT2D eigenvalue weighted by atomic mass is 10.2. The van der Waals surface area contributed by atoms with Crippen LogP contribution in [0, 0.1) is 0 Å². The molecule has 0 bridgehead atoms. The van der Waals surface area contributed by atoms with E-state index >= 15 is 0 Å². The number of rotatable bonds is 11. The molecule has 42 heavy (non-hydrogen) atoms. The van der Waals surface area contributed by atoms with Gasteiger partial charge < -0.3 is 14.2 Å². The molecule has 0 spiro atoms. The number of nitrogens with zero attached hydrogens (tertiary/aromatic N) is 1. The number of hydrogen-bond donors (Lipinski definition) is 2. The van der Waals surface area contributed by atoms with Gasteiger partial charge in [0.15, 0.2) is 11.5 Å². The van der Waals surface area contributed by atoms with Crippen molar-refractivity contribution in [2.75, 3.05) is 18.4 Å². The topological polar surface area (TPSA) is 132 Å². The molecule has 2 N–H and O–H groups in total. The minimum absolute atomic E-state index is 0.0114. The van der Waals surface area contributed by atoms with Gasteiger partial charge >= 0.3 is 5.97 Å². The lowest BCUT2D eigenvalue weighted by molar-refractivity contribution is 0.0729. The van der Waals surface area contributed by atoms with Gasteiger partial charge in [0, 0.05) is 5.02 Å². The van der Waals surface area contributed by atoms with Crippen LogP contribution in [0.15, 0.2) is 101 Å². The monoisotopic (exact) mass is 607 g/mol. The van der Waals surface area contributed by atoms with E-state index in [0.29, 0.717) is 28.5 Å². The van der Waals surface area contributed by atoms with Gasteiger partial charge in [0.25, 0.3) is 15.9 Å². The Labute approximate surface area is 247 Å². The van der Waals surface area contributed by atoms with Gasteiger partial charge in [-0.2, -0.15) is 5.10 Å². The summed E-state index contributed by atoms with van der Waals surface area (Å²) in [6.07, 6.45) is 1.36. The van der Waals surface area contributed by atoms with Crippen molar-refractivity contribution in [3.05, 3.63) is 113 Å². The zero-order chi connectivity index (χ0) is 30.1. The first-order valence-corrected chi connectivity index (χ1v) is 14.4. The smallest absolute Gasteiger partial charge is 0.343 e. The van der Waals surface area contributed by atoms with Crippen molar-refractivity contribution in [2.45, 2.75) is 11.8 Å². The molecule has 0 aliphatic rings. The highest BCUT2D eigenvalue weighted by Gasteiger charge is 2.19. The summed E-state index contributed by atoms with van der Waals surface area (Å²) < 4.78 is 44.2. The van der Waals surface area contributed by atoms with Gasteiger partial charge in [0.1, 0.15) is 5.75 Å². The quantitative estimate of drug-likeness (QED) is 0.0991. The number of sulfonamides is 1. The molecule has 0 saturated heterocycles. The number of amides is 1. The number of halogens is 1. The third-order valence-corrected chi connectivity index (χ3v) is 7.34. The van der Waals surface area contributed by atoms with Gasteiger partial charge in [0.2, 0.25) is 0 Å². The van der Waals surface area contributed by atoms with Gasteiger partial charge in [0.05, 0.1) is 41.6 Å². The number of nitrogens with one attached hydrogen (secondary N) is 2. The van der Waals surface area contributed by atoms with E-state index in [0.717, 1.165) is 0 Å². The van der Waals surface area contributed by atoms with E-state index in [4.69, 9.17) is 25.8 Å². The van der Waals surface area contributed by atoms with Crippen LogP contribution in [0.25, 0.3) is 0 Å². The molecule has 216 valence electrons. The molecule has 12 heteroatoms. The van der Waals surface area contributed by atoms with E-state index < -0.39 is 21.9 Å². The van der Waals surface area contributed by atoms with Crippen molar-refractivity contribution in [1.29, 1.82) is 0 Å². The number of methoxy groups -OCH3 is 1. The van der Waals surface area contributed by atoms with Crippen LogP contribution in [0.5, 0.6) is 17.2 Å². The van der Waals surface area contributed by atoms with Crippen LogP contribution in [0.1, 0.15) is 33.2 Å². The summed E-state index contributed by atoms with van der Waals surface area (Å²) >= 11 is 5.85. The summed E-state index contributed by atoms with van der Waals surface area (Å²) in [6, 6.07) is 23.0.